The molecule has 4 rings (SSSR count). The molecule has 0 radical (unpaired) electrons. The minimum absolute atomic E-state index is 0.0148. The van der Waals surface area contributed by atoms with Gasteiger partial charge in [0.05, 0.1) is 13.0 Å². The SMILES string of the molecule is CCN(CC)C(C)Oc1ccc(C(=O)C2CC(c3ccc(OC)cc3)=Cc3ccccc32)cc1. The van der Waals surface area contributed by atoms with Gasteiger partial charge in [0.25, 0.3) is 0 Å². The number of nitrogens with zero attached hydrogens (tertiary/aromatic N) is 1. The summed E-state index contributed by atoms with van der Waals surface area (Å²) in [5.74, 6) is 1.51. The third-order valence-corrected chi connectivity index (χ3v) is 6.67. The zero-order valence-corrected chi connectivity index (χ0v) is 20.5. The second-order valence-electron chi connectivity index (χ2n) is 8.61. The lowest BCUT2D eigenvalue weighted by molar-refractivity contribution is 0.0481. The Kier molecular flexibility index (Phi) is 7.49. The van der Waals surface area contributed by atoms with Gasteiger partial charge in [0.1, 0.15) is 17.7 Å². The Morgan fingerprint density at radius 3 is 2.24 bits per heavy atom. The van der Waals surface area contributed by atoms with Gasteiger partial charge in [-0.1, -0.05) is 56.3 Å². The van der Waals surface area contributed by atoms with Crippen LogP contribution in [0.25, 0.3) is 11.6 Å². The van der Waals surface area contributed by atoms with Crippen LogP contribution < -0.4 is 9.47 Å². The highest BCUT2D eigenvalue weighted by Crippen LogP contribution is 2.40. The summed E-state index contributed by atoms with van der Waals surface area (Å²) >= 11 is 0. The molecule has 0 aromatic heterocycles. The third kappa shape index (κ3) is 5.07. The van der Waals surface area contributed by atoms with Crippen molar-refractivity contribution in [3.05, 3.63) is 95.1 Å². The first-order valence-corrected chi connectivity index (χ1v) is 12.0. The van der Waals surface area contributed by atoms with E-state index >= 15 is 0 Å². The average Bonchev–Trinajstić information content (AvgIpc) is 2.89. The zero-order chi connectivity index (χ0) is 24.1. The highest BCUT2D eigenvalue weighted by molar-refractivity contribution is 6.04. The van der Waals surface area contributed by atoms with E-state index in [9.17, 15) is 4.79 Å². The summed E-state index contributed by atoms with van der Waals surface area (Å²) < 4.78 is 11.4. The van der Waals surface area contributed by atoms with E-state index in [0.29, 0.717) is 12.0 Å². The number of fused-ring (bicyclic) bond motifs is 1. The second-order valence-corrected chi connectivity index (χ2v) is 8.61. The molecule has 4 heteroatoms. The number of ketones is 1. The summed E-state index contributed by atoms with van der Waals surface area (Å²) in [5.41, 5.74) is 5.17. The summed E-state index contributed by atoms with van der Waals surface area (Å²) in [6, 6.07) is 23.8. The van der Waals surface area contributed by atoms with Crippen LogP contribution in [0.2, 0.25) is 0 Å². The van der Waals surface area contributed by atoms with E-state index < -0.39 is 0 Å². The number of benzene rings is 3. The van der Waals surface area contributed by atoms with Gasteiger partial charge in [-0.3, -0.25) is 9.69 Å². The number of hydrogen-bond acceptors (Lipinski definition) is 4. The van der Waals surface area contributed by atoms with E-state index in [4.69, 9.17) is 9.47 Å². The van der Waals surface area contributed by atoms with Crippen molar-refractivity contribution in [2.24, 2.45) is 0 Å². The number of Topliss-reactive ketones (excluding diaryl/α,β-unsaturated/α-hetero) is 1. The molecule has 1 aliphatic rings. The molecule has 0 fully saturated rings. The van der Waals surface area contributed by atoms with E-state index in [0.717, 1.165) is 46.9 Å². The fourth-order valence-corrected chi connectivity index (χ4v) is 4.68. The summed E-state index contributed by atoms with van der Waals surface area (Å²) in [7, 11) is 1.67. The normalized spacial score (nSPS) is 15.9. The van der Waals surface area contributed by atoms with Crippen LogP contribution in [0.4, 0.5) is 0 Å². The number of carbonyl (C=O) groups excluding carboxylic acids is 1. The van der Waals surface area contributed by atoms with Crippen molar-refractivity contribution >= 4 is 17.4 Å². The lowest BCUT2D eigenvalue weighted by Gasteiger charge is -2.27. The monoisotopic (exact) mass is 455 g/mol. The van der Waals surface area contributed by atoms with E-state index in [2.05, 4.69) is 56.0 Å². The van der Waals surface area contributed by atoms with E-state index in [-0.39, 0.29) is 17.9 Å². The van der Waals surface area contributed by atoms with Crippen LogP contribution in [-0.2, 0) is 0 Å². The molecule has 0 saturated carbocycles. The van der Waals surface area contributed by atoms with Gasteiger partial charge in [0.15, 0.2) is 5.78 Å². The van der Waals surface area contributed by atoms with Gasteiger partial charge in [0.2, 0.25) is 0 Å². The van der Waals surface area contributed by atoms with Crippen LogP contribution in [0.15, 0.2) is 72.8 Å². The number of ether oxygens (including phenoxy) is 2. The van der Waals surface area contributed by atoms with Gasteiger partial charge in [-0.25, -0.2) is 0 Å². The first-order valence-electron chi connectivity index (χ1n) is 12.0. The molecule has 176 valence electrons. The predicted octanol–water partition coefficient (Wildman–Crippen LogP) is 6.67. The lowest BCUT2D eigenvalue weighted by atomic mass is 9.77. The van der Waals surface area contributed by atoms with Gasteiger partial charge >= 0.3 is 0 Å². The molecule has 34 heavy (non-hydrogen) atoms. The Labute approximate surface area is 202 Å². The van der Waals surface area contributed by atoms with E-state index in [1.165, 1.54) is 0 Å². The first-order chi connectivity index (χ1) is 16.5. The number of methoxy groups -OCH3 is 1. The summed E-state index contributed by atoms with van der Waals surface area (Å²) in [5, 5.41) is 0. The van der Waals surface area contributed by atoms with Crippen molar-refractivity contribution in [1.29, 1.82) is 0 Å². The third-order valence-electron chi connectivity index (χ3n) is 6.67. The van der Waals surface area contributed by atoms with Crippen molar-refractivity contribution in [2.75, 3.05) is 20.2 Å². The van der Waals surface area contributed by atoms with Crippen molar-refractivity contribution in [3.8, 4) is 11.5 Å². The van der Waals surface area contributed by atoms with E-state index in [1.54, 1.807) is 7.11 Å². The van der Waals surface area contributed by atoms with Crippen molar-refractivity contribution in [1.82, 2.24) is 4.90 Å². The zero-order valence-electron chi connectivity index (χ0n) is 20.5. The molecule has 0 saturated heterocycles. The fraction of sp³-hybridized carbons (Fsp3) is 0.300. The Morgan fingerprint density at radius 2 is 1.59 bits per heavy atom. The first kappa shape index (κ1) is 23.8. The lowest BCUT2D eigenvalue weighted by Crippen LogP contribution is -2.36. The van der Waals surface area contributed by atoms with Gasteiger partial charge < -0.3 is 9.47 Å². The smallest absolute Gasteiger partial charge is 0.170 e. The highest BCUT2D eigenvalue weighted by atomic mass is 16.5. The maximum absolute atomic E-state index is 13.7. The molecule has 1 aliphatic carbocycles. The summed E-state index contributed by atoms with van der Waals surface area (Å²) in [6.45, 7) is 8.17. The quantitative estimate of drug-likeness (QED) is 0.267. The van der Waals surface area contributed by atoms with Crippen LogP contribution in [0.5, 0.6) is 11.5 Å². The van der Waals surface area contributed by atoms with Gasteiger partial charge in [-0.15, -0.1) is 0 Å². The number of carbonyl (C=O) groups is 1. The van der Waals surface area contributed by atoms with Crippen molar-refractivity contribution in [3.63, 3.8) is 0 Å². The molecule has 0 amide bonds. The largest absolute Gasteiger partial charge is 0.497 e. The summed E-state index contributed by atoms with van der Waals surface area (Å²) in [6.07, 6.45) is 2.85. The fourth-order valence-electron chi connectivity index (χ4n) is 4.68. The molecular formula is C30H33NO3. The number of rotatable bonds is 9. The van der Waals surface area contributed by atoms with Gasteiger partial charge in [-0.2, -0.15) is 0 Å². The molecule has 3 aromatic rings. The Hall–Kier alpha value is -3.37. The minimum Gasteiger partial charge on any atom is -0.497 e. The summed E-state index contributed by atoms with van der Waals surface area (Å²) in [4.78, 5) is 15.9. The van der Waals surface area contributed by atoms with Crippen LogP contribution in [0.3, 0.4) is 0 Å². The molecule has 4 nitrogen and oxygen atoms in total. The maximum Gasteiger partial charge on any atom is 0.170 e. The topological polar surface area (TPSA) is 38.8 Å². The average molecular weight is 456 g/mol. The molecule has 0 N–H and O–H groups in total. The Morgan fingerprint density at radius 1 is 0.941 bits per heavy atom. The Balaban J connectivity index is 1.57. The number of allylic oxidation sites excluding steroid dienone is 1. The molecule has 0 heterocycles. The van der Waals surface area contributed by atoms with Crippen molar-refractivity contribution in [2.45, 2.75) is 39.3 Å². The van der Waals surface area contributed by atoms with Crippen LogP contribution >= 0.6 is 0 Å². The second kappa shape index (κ2) is 10.7. The molecule has 3 aromatic carbocycles. The maximum atomic E-state index is 13.7. The highest BCUT2D eigenvalue weighted by Gasteiger charge is 2.28. The predicted molar refractivity (Wildman–Crippen MR) is 138 cm³/mol. The molecule has 0 spiro atoms. The van der Waals surface area contributed by atoms with Gasteiger partial charge in [-0.05, 0) is 85.1 Å². The Bertz CT molecular complexity index is 1140. The minimum atomic E-state index is -0.223. The standard InChI is InChI=1S/C30H33NO3/c1-5-31(6-2)21(3)34-27-17-13-23(14-18-27)30(32)29-20-25(19-24-9-7-8-10-28(24)29)22-11-15-26(33-4)16-12-22/h7-19,21,29H,5-6,20H2,1-4H3. The molecular weight excluding hydrogens is 422 g/mol. The molecule has 2 unspecified atom stereocenters. The molecule has 0 aliphatic heterocycles. The molecule has 0 bridgehead atoms. The van der Waals surface area contributed by atoms with Crippen molar-refractivity contribution < 1.29 is 14.3 Å². The molecule has 2 atom stereocenters. The number of hydrogen-bond donors (Lipinski definition) is 0. The van der Waals surface area contributed by atoms with E-state index in [1.807, 2.05) is 48.5 Å². The van der Waals surface area contributed by atoms with Crippen LogP contribution in [0.1, 0.15) is 60.2 Å². The van der Waals surface area contributed by atoms with Crippen LogP contribution in [-0.4, -0.2) is 37.1 Å². The van der Waals surface area contributed by atoms with Gasteiger partial charge in [0, 0.05) is 5.56 Å². The van der Waals surface area contributed by atoms with Crippen LogP contribution in [0, 0.1) is 0 Å².